The monoisotopic (exact) mass is 344 g/mol. The number of amides is 2. The molecule has 0 unspecified atom stereocenters. The molecule has 1 saturated heterocycles. The summed E-state index contributed by atoms with van der Waals surface area (Å²) in [6.07, 6.45) is 0. The van der Waals surface area contributed by atoms with Crippen molar-refractivity contribution in [3.8, 4) is 0 Å². The first-order valence-electron chi connectivity index (χ1n) is 8.06. The molecule has 1 aliphatic heterocycles. The Bertz CT molecular complexity index is 798. The summed E-state index contributed by atoms with van der Waals surface area (Å²) in [7, 11) is 0. The van der Waals surface area contributed by atoms with E-state index >= 15 is 0 Å². The molecule has 0 N–H and O–H groups in total. The standard InChI is InChI=1S/C19H18F2N2O2/c1-13-2-4-14(5-3-13)18(24)22-8-10-23(11-9-22)19(25)16-7-6-15(20)12-17(16)21/h2-7,12H,8-11H2,1H3. The van der Waals surface area contributed by atoms with E-state index in [1.807, 2.05) is 19.1 Å². The highest BCUT2D eigenvalue weighted by molar-refractivity contribution is 5.96. The van der Waals surface area contributed by atoms with Crippen LogP contribution in [0, 0.1) is 18.6 Å². The summed E-state index contributed by atoms with van der Waals surface area (Å²) in [5, 5.41) is 0. The van der Waals surface area contributed by atoms with Crippen molar-refractivity contribution in [2.45, 2.75) is 6.92 Å². The molecule has 25 heavy (non-hydrogen) atoms. The second-order valence-electron chi connectivity index (χ2n) is 6.07. The van der Waals surface area contributed by atoms with Gasteiger partial charge in [0.15, 0.2) is 0 Å². The minimum atomic E-state index is -0.872. The summed E-state index contributed by atoms with van der Waals surface area (Å²) in [4.78, 5) is 28.0. The average Bonchev–Trinajstić information content (AvgIpc) is 2.61. The van der Waals surface area contributed by atoms with Crippen molar-refractivity contribution in [3.05, 3.63) is 70.8 Å². The zero-order valence-electron chi connectivity index (χ0n) is 13.8. The average molecular weight is 344 g/mol. The molecule has 4 nitrogen and oxygen atoms in total. The quantitative estimate of drug-likeness (QED) is 0.841. The number of nitrogens with zero attached hydrogens (tertiary/aromatic N) is 2. The van der Waals surface area contributed by atoms with Crippen molar-refractivity contribution >= 4 is 11.8 Å². The van der Waals surface area contributed by atoms with E-state index in [1.165, 1.54) is 4.90 Å². The third kappa shape index (κ3) is 3.68. The van der Waals surface area contributed by atoms with Gasteiger partial charge in [0.25, 0.3) is 11.8 Å². The number of rotatable bonds is 2. The summed E-state index contributed by atoms with van der Waals surface area (Å²) in [5.41, 5.74) is 1.53. The number of halogens is 2. The van der Waals surface area contributed by atoms with Crippen LogP contribution in [0.15, 0.2) is 42.5 Å². The molecule has 3 rings (SSSR count). The Morgan fingerprint density at radius 1 is 0.840 bits per heavy atom. The highest BCUT2D eigenvalue weighted by atomic mass is 19.1. The first kappa shape index (κ1) is 17.1. The van der Waals surface area contributed by atoms with Gasteiger partial charge in [0.2, 0.25) is 0 Å². The fraction of sp³-hybridized carbons (Fsp3) is 0.263. The van der Waals surface area contributed by atoms with Crippen molar-refractivity contribution in [1.82, 2.24) is 9.80 Å². The molecule has 1 aliphatic rings. The minimum absolute atomic E-state index is 0.0833. The predicted molar refractivity (Wildman–Crippen MR) is 89.3 cm³/mol. The smallest absolute Gasteiger partial charge is 0.256 e. The van der Waals surface area contributed by atoms with Gasteiger partial charge in [-0.2, -0.15) is 0 Å². The van der Waals surface area contributed by atoms with Crippen LogP contribution in [0.25, 0.3) is 0 Å². The molecule has 1 heterocycles. The molecule has 0 spiro atoms. The van der Waals surface area contributed by atoms with Crippen LogP contribution in [-0.4, -0.2) is 47.8 Å². The zero-order chi connectivity index (χ0) is 18.0. The highest BCUT2D eigenvalue weighted by Crippen LogP contribution is 2.15. The Morgan fingerprint density at radius 2 is 1.40 bits per heavy atom. The van der Waals surface area contributed by atoms with Crippen LogP contribution in [-0.2, 0) is 0 Å². The fourth-order valence-electron chi connectivity index (χ4n) is 2.82. The molecule has 0 bridgehead atoms. The van der Waals surface area contributed by atoms with Crippen LogP contribution in [0.2, 0.25) is 0 Å². The van der Waals surface area contributed by atoms with E-state index in [4.69, 9.17) is 0 Å². The van der Waals surface area contributed by atoms with E-state index in [0.717, 1.165) is 17.7 Å². The lowest BCUT2D eigenvalue weighted by Gasteiger charge is -2.35. The van der Waals surface area contributed by atoms with Gasteiger partial charge >= 0.3 is 0 Å². The molecule has 1 fully saturated rings. The second-order valence-corrected chi connectivity index (χ2v) is 6.07. The van der Waals surface area contributed by atoms with Gasteiger partial charge in [0.05, 0.1) is 5.56 Å². The summed E-state index contributed by atoms with van der Waals surface area (Å²) in [6.45, 7) is 3.33. The molecule has 0 aromatic heterocycles. The Morgan fingerprint density at radius 3 is 1.96 bits per heavy atom. The van der Waals surface area contributed by atoms with Gasteiger partial charge in [0, 0.05) is 37.8 Å². The number of carbonyl (C=O) groups is 2. The number of hydrogen-bond donors (Lipinski definition) is 0. The third-order valence-electron chi connectivity index (χ3n) is 4.31. The number of benzene rings is 2. The normalized spacial score (nSPS) is 14.5. The molecular weight excluding hydrogens is 326 g/mol. The maximum Gasteiger partial charge on any atom is 0.256 e. The first-order valence-corrected chi connectivity index (χ1v) is 8.06. The van der Waals surface area contributed by atoms with Gasteiger partial charge in [0.1, 0.15) is 11.6 Å². The lowest BCUT2D eigenvalue weighted by molar-refractivity contribution is 0.0532. The number of aryl methyl sites for hydroxylation is 1. The lowest BCUT2D eigenvalue weighted by Crippen LogP contribution is -2.50. The summed E-state index contributed by atoms with van der Waals surface area (Å²) in [6, 6.07) is 10.2. The van der Waals surface area contributed by atoms with Crippen molar-refractivity contribution < 1.29 is 18.4 Å². The number of piperazine rings is 1. The van der Waals surface area contributed by atoms with Crippen molar-refractivity contribution in [1.29, 1.82) is 0 Å². The topological polar surface area (TPSA) is 40.6 Å². The van der Waals surface area contributed by atoms with E-state index in [-0.39, 0.29) is 11.5 Å². The molecule has 0 atom stereocenters. The van der Waals surface area contributed by atoms with E-state index in [0.29, 0.717) is 37.8 Å². The largest absolute Gasteiger partial charge is 0.335 e. The van der Waals surface area contributed by atoms with Gasteiger partial charge in [-0.25, -0.2) is 8.78 Å². The summed E-state index contributed by atoms with van der Waals surface area (Å²) >= 11 is 0. The van der Waals surface area contributed by atoms with Gasteiger partial charge in [-0.05, 0) is 31.2 Å². The molecule has 2 amide bonds. The van der Waals surface area contributed by atoms with Crippen LogP contribution in [0.3, 0.4) is 0 Å². The summed E-state index contributed by atoms with van der Waals surface area (Å²) < 4.78 is 26.7. The van der Waals surface area contributed by atoms with E-state index < -0.39 is 17.5 Å². The third-order valence-corrected chi connectivity index (χ3v) is 4.31. The molecule has 2 aromatic rings. The minimum Gasteiger partial charge on any atom is -0.335 e. The van der Waals surface area contributed by atoms with E-state index in [2.05, 4.69) is 0 Å². The summed E-state index contributed by atoms with van der Waals surface area (Å²) in [5.74, 6) is -2.16. The molecular formula is C19H18F2N2O2. The van der Waals surface area contributed by atoms with Crippen LogP contribution < -0.4 is 0 Å². The molecule has 2 aromatic carbocycles. The van der Waals surface area contributed by atoms with Gasteiger partial charge in [-0.15, -0.1) is 0 Å². The van der Waals surface area contributed by atoms with Crippen molar-refractivity contribution in [2.75, 3.05) is 26.2 Å². The van der Waals surface area contributed by atoms with Crippen molar-refractivity contribution in [2.24, 2.45) is 0 Å². The first-order chi connectivity index (χ1) is 12.0. The van der Waals surface area contributed by atoms with Gasteiger partial charge in [-0.1, -0.05) is 17.7 Å². The lowest BCUT2D eigenvalue weighted by atomic mass is 10.1. The maximum absolute atomic E-state index is 13.8. The van der Waals surface area contributed by atoms with Crippen LogP contribution >= 0.6 is 0 Å². The van der Waals surface area contributed by atoms with Crippen LogP contribution in [0.1, 0.15) is 26.3 Å². The fourth-order valence-corrected chi connectivity index (χ4v) is 2.82. The Hall–Kier alpha value is -2.76. The van der Waals surface area contributed by atoms with E-state index in [9.17, 15) is 18.4 Å². The van der Waals surface area contributed by atoms with Gasteiger partial charge in [-0.3, -0.25) is 9.59 Å². The maximum atomic E-state index is 13.8. The Labute approximate surface area is 144 Å². The SMILES string of the molecule is Cc1ccc(C(=O)N2CCN(C(=O)c3ccc(F)cc3F)CC2)cc1. The molecule has 0 aliphatic carbocycles. The van der Waals surface area contributed by atoms with Gasteiger partial charge < -0.3 is 9.80 Å². The number of carbonyl (C=O) groups excluding carboxylic acids is 2. The molecule has 0 saturated carbocycles. The zero-order valence-corrected chi connectivity index (χ0v) is 13.8. The molecule has 0 radical (unpaired) electrons. The Balaban J connectivity index is 1.64. The molecule has 130 valence electrons. The highest BCUT2D eigenvalue weighted by Gasteiger charge is 2.26. The van der Waals surface area contributed by atoms with Crippen molar-refractivity contribution in [3.63, 3.8) is 0 Å². The molecule has 6 heteroatoms. The Kier molecular flexibility index (Phi) is 4.79. The predicted octanol–water partition coefficient (Wildman–Crippen LogP) is 2.87. The second kappa shape index (κ2) is 7.01. The van der Waals surface area contributed by atoms with E-state index in [1.54, 1.807) is 17.0 Å². The van der Waals surface area contributed by atoms with Crippen LogP contribution in [0.5, 0.6) is 0 Å². The van der Waals surface area contributed by atoms with Crippen LogP contribution in [0.4, 0.5) is 8.78 Å². The number of hydrogen-bond acceptors (Lipinski definition) is 2.